The van der Waals surface area contributed by atoms with Gasteiger partial charge in [0.2, 0.25) is 5.88 Å². The van der Waals surface area contributed by atoms with Crippen LogP contribution in [0.2, 0.25) is 5.02 Å². The van der Waals surface area contributed by atoms with Crippen molar-refractivity contribution >= 4 is 17.4 Å². The van der Waals surface area contributed by atoms with Crippen LogP contribution in [0.15, 0.2) is 24.3 Å². The van der Waals surface area contributed by atoms with Crippen molar-refractivity contribution in [3.63, 3.8) is 0 Å². The molecule has 1 saturated carbocycles. The van der Waals surface area contributed by atoms with Gasteiger partial charge in [0.05, 0.1) is 5.56 Å². The van der Waals surface area contributed by atoms with E-state index in [0.29, 0.717) is 22.6 Å². The summed E-state index contributed by atoms with van der Waals surface area (Å²) in [5.74, 6) is 3.49. The van der Waals surface area contributed by atoms with Gasteiger partial charge in [0.15, 0.2) is 0 Å². The van der Waals surface area contributed by atoms with Crippen molar-refractivity contribution in [2.45, 2.75) is 32.6 Å². The van der Waals surface area contributed by atoms with Gasteiger partial charge >= 0.3 is 0 Å². The molecule has 2 aromatic rings. The Balaban J connectivity index is 1.95. The number of ether oxygens (including phenoxy) is 1. The van der Waals surface area contributed by atoms with Gasteiger partial charge in [-0.3, -0.25) is 0 Å². The molecular formula is C16H18ClN3O. The Morgan fingerprint density at radius 2 is 2.14 bits per heavy atom. The smallest absolute Gasteiger partial charge is 0.227 e. The molecule has 21 heavy (non-hydrogen) atoms. The van der Waals surface area contributed by atoms with Crippen molar-refractivity contribution in [2.75, 3.05) is 11.9 Å². The van der Waals surface area contributed by atoms with E-state index in [2.05, 4.69) is 22.2 Å². The Bertz CT molecular complexity index is 656. The van der Waals surface area contributed by atoms with Gasteiger partial charge in [0.25, 0.3) is 0 Å². The highest BCUT2D eigenvalue weighted by molar-refractivity contribution is 6.30. The lowest BCUT2D eigenvalue weighted by molar-refractivity contribution is 0.455. The van der Waals surface area contributed by atoms with Crippen LogP contribution in [0, 0.1) is 6.92 Å². The standard InChI is InChI=1S/C16H18ClN3O/c1-3-18-14-10(2)16(20-15(19-14)11-7-8-11)21-13-6-4-5-12(17)9-13/h4-6,9,11H,3,7-8H2,1-2H3,(H,18,19,20). The summed E-state index contributed by atoms with van der Waals surface area (Å²) in [6.07, 6.45) is 2.32. The first-order chi connectivity index (χ1) is 10.2. The summed E-state index contributed by atoms with van der Waals surface area (Å²) in [6, 6.07) is 7.34. The number of aromatic nitrogens is 2. The molecule has 1 N–H and O–H groups in total. The van der Waals surface area contributed by atoms with Gasteiger partial charge in [0.1, 0.15) is 17.4 Å². The number of anilines is 1. The topological polar surface area (TPSA) is 47.0 Å². The summed E-state index contributed by atoms with van der Waals surface area (Å²) in [7, 11) is 0. The number of hydrogen-bond donors (Lipinski definition) is 1. The van der Waals surface area contributed by atoms with Crippen molar-refractivity contribution in [2.24, 2.45) is 0 Å². The van der Waals surface area contributed by atoms with Gasteiger partial charge in [-0.15, -0.1) is 0 Å². The van der Waals surface area contributed by atoms with Crippen molar-refractivity contribution in [1.82, 2.24) is 9.97 Å². The van der Waals surface area contributed by atoms with E-state index in [9.17, 15) is 0 Å². The van der Waals surface area contributed by atoms with E-state index in [-0.39, 0.29) is 0 Å². The third-order valence-corrected chi connectivity index (χ3v) is 3.65. The molecule has 0 unspecified atom stereocenters. The minimum atomic E-state index is 0.477. The number of nitrogens with zero attached hydrogens (tertiary/aromatic N) is 2. The maximum Gasteiger partial charge on any atom is 0.227 e. The highest BCUT2D eigenvalue weighted by Crippen LogP contribution is 2.40. The fourth-order valence-electron chi connectivity index (χ4n) is 2.12. The predicted octanol–water partition coefficient (Wildman–Crippen LogP) is 4.54. The quantitative estimate of drug-likeness (QED) is 0.881. The summed E-state index contributed by atoms with van der Waals surface area (Å²) in [4.78, 5) is 9.20. The molecule has 3 rings (SSSR count). The van der Waals surface area contributed by atoms with E-state index >= 15 is 0 Å². The molecule has 0 atom stereocenters. The predicted molar refractivity (Wildman–Crippen MR) is 84.4 cm³/mol. The van der Waals surface area contributed by atoms with Crippen molar-refractivity contribution in [3.8, 4) is 11.6 Å². The molecule has 5 heteroatoms. The van der Waals surface area contributed by atoms with Crippen LogP contribution >= 0.6 is 11.6 Å². The molecule has 1 aliphatic rings. The van der Waals surface area contributed by atoms with E-state index < -0.39 is 0 Å². The van der Waals surface area contributed by atoms with E-state index in [0.717, 1.165) is 36.6 Å². The Hall–Kier alpha value is -1.81. The van der Waals surface area contributed by atoms with E-state index in [4.69, 9.17) is 16.3 Å². The second-order valence-corrected chi connectivity index (χ2v) is 5.66. The average Bonchev–Trinajstić information content (AvgIpc) is 3.28. The zero-order valence-corrected chi connectivity index (χ0v) is 12.9. The van der Waals surface area contributed by atoms with Crippen LogP contribution in [0.4, 0.5) is 5.82 Å². The first-order valence-electron chi connectivity index (χ1n) is 7.23. The van der Waals surface area contributed by atoms with E-state index in [1.165, 1.54) is 0 Å². The second kappa shape index (κ2) is 5.90. The number of halogens is 1. The summed E-state index contributed by atoms with van der Waals surface area (Å²) >= 11 is 6.00. The lowest BCUT2D eigenvalue weighted by Gasteiger charge is -2.13. The summed E-state index contributed by atoms with van der Waals surface area (Å²) in [6.45, 7) is 4.84. The zero-order valence-electron chi connectivity index (χ0n) is 12.2. The molecule has 0 spiro atoms. The number of benzene rings is 1. The highest BCUT2D eigenvalue weighted by Gasteiger charge is 2.28. The first-order valence-corrected chi connectivity index (χ1v) is 7.61. The maximum absolute atomic E-state index is 6.00. The van der Waals surface area contributed by atoms with Gasteiger partial charge in [-0.2, -0.15) is 4.98 Å². The van der Waals surface area contributed by atoms with Crippen LogP contribution in [0.5, 0.6) is 11.6 Å². The summed E-state index contributed by atoms with van der Waals surface area (Å²) < 4.78 is 5.92. The molecule has 4 nitrogen and oxygen atoms in total. The molecule has 0 saturated heterocycles. The number of nitrogens with one attached hydrogen (secondary N) is 1. The van der Waals surface area contributed by atoms with Crippen LogP contribution in [-0.4, -0.2) is 16.5 Å². The fourth-order valence-corrected chi connectivity index (χ4v) is 2.30. The summed E-state index contributed by atoms with van der Waals surface area (Å²) in [5.41, 5.74) is 0.918. The minimum Gasteiger partial charge on any atom is -0.438 e. The number of hydrogen-bond acceptors (Lipinski definition) is 4. The average molecular weight is 304 g/mol. The van der Waals surface area contributed by atoms with Gasteiger partial charge in [-0.1, -0.05) is 17.7 Å². The van der Waals surface area contributed by atoms with Gasteiger partial charge in [-0.05, 0) is 44.9 Å². The van der Waals surface area contributed by atoms with Crippen LogP contribution in [0.25, 0.3) is 0 Å². The molecule has 110 valence electrons. The first kappa shape index (κ1) is 14.1. The molecular weight excluding hydrogens is 286 g/mol. The van der Waals surface area contributed by atoms with Crippen LogP contribution in [-0.2, 0) is 0 Å². The number of rotatable bonds is 5. The molecule has 1 heterocycles. The van der Waals surface area contributed by atoms with Crippen molar-refractivity contribution < 1.29 is 4.74 Å². The monoisotopic (exact) mass is 303 g/mol. The third-order valence-electron chi connectivity index (χ3n) is 3.42. The normalized spacial score (nSPS) is 14.0. The highest BCUT2D eigenvalue weighted by atomic mass is 35.5. The largest absolute Gasteiger partial charge is 0.438 e. The lowest BCUT2D eigenvalue weighted by Crippen LogP contribution is -2.07. The van der Waals surface area contributed by atoms with Crippen molar-refractivity contribution in [1.29, 1.82) is 0 Å². The van der Waals surface area contributed by atoms with Gasteiger partial charge in [-0.25, -0.2) is 4.98 Å². The van der Waals surface area contributed by atoms with Crippen LogP contribution < -0.4 is 10.1 Å². The molecule has 1 aromatic heterocycles. The minimum absolute atomic E-state index is 0.477. The van der Waals surface area contributed by atoms with Crippen LogP contribution in [0.3, 0.4) is 0 Å². The van der Waals surface area contributed by atoms with Crippen molar-refractivity contribution in [3.05, 3.63) is 40.7 Å². The second-order valence-electron chi connectivity index (χ2n) is 5.22. The van der Waals surface area contributed by atoms with E-state index in [1.54, 1.807) is 6.07 Å². The van der Waals surface area contributed by atoms with Gasteiger partial charge in [0, 0.05) is 17.5 Å². The Morgan fingerprint density at radius 3 is 2.81 bits per heavy atom. The van der Waals surface area contributed by atoms with Gasteiger partial charge < -0.3 is 10.1 Å². The Kier molecular flexibility index (Phi) is 3.97. The zero-order chi connectivity index (χ0) is 14.8. The lowest BCUT2D eigenvalue weighted by atomic mass is 10.3. The SMILES string of the molecule is CCNc1nc(C2CC2)nc(Oc2cccc(Cl)c2)c1C. The molecule has 1 aliphatic carbocycles. The third kappa shape index (κ3) is 3.27. The Morgan fingerprint density at radius 1 is 1.33 bits per heavy atom. The molecule has 0 radical (unpaired) electrons. The molecule has 0 aliphatic heterocycles. The fraction of sp³-hybridized carbons (Fsp3) is 0.375. The summed E-state index contributed by atoms with van der Waals surface area (Å²) in [5, 5.41) is 3.93. The molecule has 0 amide bonds. The van der Waals surface area contributed by atoms with E-state index in [1.807, 2.05) is 25.1 Å². The Labute approximate surface area is 129 Å². The van der Waals surface area contributed by atoms with Crippen LogP contribution in [0.1, 0.15) is 37.1 Å². The molecule has 1 fully saturated rings. The molecule has 1 aromatic carbocycles. The molecule has 0 bridgehead atoms. The maximum atomic E-state index is 6.00.